The number of hydrogen-bond donors (Lipinski definition) is 0. The summed E-state index contributed by atoms with van der Waals surface area (Å²) < 4.78 is 90.3. The Morgan fingerprint density at radius 3 is 1.61 bits per heavy atom. The van der Waals surface area contributed by atoms with Gasteiger partial charge in [0, 0.05) is 30.2 Å². The molecule has 0 aliphatic heterocycles. The minimum absolute atomic E-state index is 0.0196. The Kier molecular flexibility index (Phi) is 14.3. The van der Waals surface area contributed by atoms with Crippen LogP contribution in [0.4, 0.5) is 8.78 Å². The van der Waals surface area contributed by atoms with E-state index in [-0.39, 0.29) is 23.1 Å². The highest BCUT2D eigenvalue weighted by molar-refractivity contribution is 7.54. The molecule has 0 atom stereocenters. The molecule has 172 valence electrons. The summed E-state index contributed by atoms with van der Waals surface area (Å²) >= 11 is 13.9. The van der Waals surface area contributed by atoms with Crippen molar-refractivity contribution in [1.29, 1.82) is 0 Å². The van der Waals surface area contributed by atoms with Crippen molar-refractivity contribution in [2.45, 2.75) is 25.7 Å². The molecule has 2 rings (SSSR count). The molecule has 11 heteroatoms. The molecule has 0 bridgehead atoms. The van der Waals surface area contributed by atoms with Gasteiger partial charge in [0.15, 0.2) is 5.78 Å². The first-order valence-electron chi connectivity index (χ1n) is 12.6. The van der Waals surface area contributed by atoms with Crippen LogP contribution in [0, 0.1) is 11.6 Å². The summed E-state index contributed by atoms with van der Waals surface area (Å²) in [5.41, 5.74) is -0.369. The number of halogens is 8. The highest BCUT2D eigenvalue weighted by Gasteiger charge is 2.04. The average molecular weight is 580 g/mol. The summed E-state index contributed by atoms with van der Waals surface area (Å²) in [5, 5.41) is -0.305. The van der Waals surface area contributed by atoms with E-state index in [2.05, 4.69) is 0 Å². The SMILES string of the molecule is O=C(Cl)CCCCl.[2H]c1c([2H])c(C(=O)CCCCl)c([2H])c([2H])c1F.[2H]c1c([2H])c([2H])c(F)c([2H])c1[2H].[Cl][Al]([Cl])[Cl]. The monoisotopic (exact) mass is 577 g/mol. The smallest absolute Gasteiger partial charge is 0.294 e. The highest BCUT2D eigenvalue weighted by atomic mass is 35.8. The van der Waals surface area contributed by atoms with E-state index in [0.29, 0.717) is 25.1 Å². The lowest BCUT2D eigenvalue weighted by molar-refractivity contribution is -0.111. The highest BCUT2D eigenvalue weighted by Crippen LogP contribution is 2.07. The number of carbonyl (C=O) groups is 2. The summed E-state index contributed by atoms with van der Waals surface area (Å²) in [6.07, 6.45) is 1.47. The Balaban J connectivity index is 0. The van der Waals surface area contributed by atoms with Gasteiger partial charge in [-0.05, 0) is 60.7 Å². The van der Waals surface area contributed by atoms with E-state index in [0.717, 1.165) is 0 Å². The zero-order valence-electron chi connectivity index (χ0n) is 24.7. The lowest BCUT2D eigenvalue weighted by Crippen LogP contribution is -1.98. The Bertz CT molecular complexity index is 1030. The van der Waals surface area contributed by atoms with Gasteiger partial charge in [-0.2, -0.15) is 0 Å². The van der Waals surface area contributed by atoms with E-state index in [1.807, 2.05) is 0 Å². The molecule has 0 aliphatic carbocycles. The maximum absolute atomic E-state index is 13.2. The summed E-state index contributed by atoms with van der Waals surface area (Å²) in [7, 11) is 14.8. The molecule has 0 radical (unpaired) electrons. The van der Waals surface area contributed by atoms with Crippen molar-refractivity contribution in [3.8, 4) is 0 Å². The van der Waals surface area contributed by atoms with Crippen molar-refractivity contribution in [2.75, 3.05) is 11.8 Å². The van der Waals surface area contributed by atoms with E-state index in [1.54, 1.807) is 0 Å². The minimum Gasteiger partial charge on any atom is -0.294 e. The molecule has 0 amide bonds. The number of benzene rings is 2. The molecule has 2 nitrogen and oxygen atoms in total. The van der Waals surface area contributed by atoms with Crippen LogP contribution in [-0.4, -0.2) is 34.2 Å². The number of alkyl halides is 2. The van der Waals surface area contributed by atoms with E-state index in [1.165, 1.54) is 0 Å². The molecule has 0 spiro atoms. The molecule has 2 aromatic rings. The molecular formula is C20H21AlCl6F2O2. The van der Waals surface area contributed by atoms with Gasteiger partial charge in [-0.3, -0.25) is 9.59 Å². The van der Waals surface area contributed by atoms with Gasteiger partial charge in [0.25, 0.3) is 0 Å². The van der Waals surface area contributed by atoms with Gasteiger partial charge in [-0.15, -0.1) is 23.2 Å². The van der Waals surface area contributed by atoms with E-state index in [4.69, 9.17) is 77.3 Å². The molecule has 0 aliphatic rings. The van der Waals surface area contributed by atoms with Crippen LogP contribution >= 0.6 is 65.0 Å². The molecule has 0 fully saturated rings. The standard InChI is InChI=1S/C10H10ClFO.C6H5F.C4H6Cl2O.Al.3ClH/c11-7-1-2-10(13)8-3-5-9(12)6-4-8;7-6-4-2-1-3-5-6;5-3-1-2-4(6)7;;;;/h3-6H,1-2,7H2;1-5H;1-3H2;;3*1H/q;;;+3;;;/p-3/i3D,4D,5D,6D;1D,2D,3D,4D,5D;;;;;. The van der Waals surface area contributed by atoms with Crippen LogP contribution in [0.1, 0.15) is 48.4 Å². The van der Waals surface area contributed by atoms with Gasteiger partial charge in [0.05, 0.1) is 12.3 Å². The molecule has 0 heterocycles. The molecule has 0 unspecified atom stereocenters. The minimum atomic E-state index is -1.72. The largest absolute Gasteiger partial charge is 0.643 e. The Labute approximate surface area is 226 Å². The third kappa shape index (κ3) is 26.0. The van der Waals surface area contributed by atoms with Crippen LogP contribution in [0.25, 0.3) is 0 Å². The second-order valence-electron chi connectivity index (χ2n) is 4.74. The molecule has 0 aromatic heterocycles. The fraction of sp³-hybridized carbons (Fsp3) is 0.300. The van der Waals surface area contributed by atoms with Crippen LogP contribution in [0.5, 0.6) is 0 Å². The first-order chi connectivity index (χ1) is 18.4. The van der Waals surface area contributed by atoms with Gasteiger partial charge in [-0.1, -0.05) is 18.1 Å². The molecular weight excluding hydrogens is 550 g/mol. The fourth-order valence-electron chi connectivity index (χ4n) is 1.23. The number of Topliss-reactive ketones (excluding diaryl/α,β-unsaturated/α-hetero) is 1. The maximum Gasteiger partial charge on any atom is 0.643 e. The Morgan fingerprint density at radius 2 is 1.23 bits per heavy atom. The average Bonchev–Trinajstić information content (AvgIpc) is 2.89. The van der Waals surface area contributed by atoms with Crippen LogP contribution in [0.3, 0.4) is 0 Å². The number of ketones is 1. The van der Waals surface area contributed by atoms with Crippen molar-refractivity contribution in [1.82, 2.24) is 0 Å². The van der Waals surface area contributed by atoms with Crippen LogP contribution in [0.2, 0.25) is 0 Å². The first kappa shape index (κ1) is 19.2. The van der Waals surface area contributed by atoms with Gasteiger partial charge >= 0.3 is 11.4 Å². The molecule has 31 heavy (non-hydrogen) atoms. The van der Waals surface area contributed by atoms with Gasteiger partial charge in [-0.25, -0.2) is 38.9 Å². The van der Waals surface area contributed by atoms with Gasteiger partial charge < -0.3 is 0 Å². The second kappa shape index (κ2) is 23.1. The molecule has 0 saturated heterocycles. The van der Waals surface area contributed by atoms with E-state index in [9.17, 15) is 18.4 Å². The molecule has 0 N–H and O–H groups in total. The van der Waals surface area contributed by atoms with Gasteiger partial charge in [0.1, 0.15) is 11.6 Å². The van der Waals surface area contributed by atoms with Crippen molar-refractivity contribution < 1.29 is 30.7 Å². The van der Waals surface area contributed by atoms with Crippen molar-refractivity contribution >= 4 is 87.4 Å². The zero-order valence-corrected chi connectivity index (χ0v) is 21.4. The maximum atomic E-state index is 13.2. The zero-order chi connectivity index (χ0) is 31.9. The van der Waals surface area contributed by atoms with Crippen LogP contribution in [-0.2, 0) is 4.79 Å². The lowest BCUT2D eigenvalue weighted by atomic mass is 10.1. The number of hydrogen-bond acceptors (Lipinski definition) is 2. The predicted molar refractivity (Wildman–Crippen MR) is 131 cm³/mol. The van der Waals surface area contributed by atoms with Crippen LogP contribution in [0.15, 0.2) is 54.4 Å². The number of rotatable bonds is 7. The summed E-state index contributed by atoms with van der Waals surface area (Å²) in [4.78, 5) is 21.6. The lowest BCUT2D eigenvalue weighted by Gasteiger charge is -1.98. The second-order valence-corrected chi connectivity index (χ2v) is 12.3. The summed E-state index contributed by atoms with van der Waals surface area (Å²) in [5.74, 6) is -2.23. The summed E-state index contributed by atoms with van der Waals surface area (Å²) in [6.45, 7) is 0. The molecule has 0 saturated carbocycles. The Hall–Kier alpha value is -0.0875. The topological polar surface area (TPSA) is 34.1 Å². The summed E-state index contributed by atoms with van der Waals surface area (Å²) in [6, 6.07) is -6.36. The molecule has 2 aromatic carbocycles. The van der Waals surface area contributed by atoms with E-state index < -0.39 is 83.2 Å². The van der Waals surface area contributed by atoms with Gasteiger partial charge in [0.2, 0.25) is 5.24 Å². The number of carbonyl (C=O) groups excluding carboxylic acids is 2. The van der Waals surface area contributed by atoms with Crippen molar-refractivity contribution in [3.05, 3.63) is 71.6 Å². The first-order valence-corrected chi connectivity index (χ1v) is 14.8. The van der Waals surface area contributed by atoms with E-state index >= 15 is 0 Å². The third-order valence-electron chi connectivity index (χ3n) is 2.39. The van der Waals surface area contributed by atoms with Crippen molar-refractivity contribution in [3.63, 3.8) is 0 Å². The third-order valence-corrected chi connectivity index (χ3v) is 3.11. The predicted octanol–water partition coefficient (Wildman–Crippen LogP) is 8.31. The quantitative estimate of drug-likeness (QED) is 0.143. The van der Waals surface area contributed by atoms with Crippen LogP contribution < -0.4 is 0 Å². The fourth-order valence-corrected chi connectivity index (χ4v) is 1.63. The normalized spacial score (nSPS) is 13.1. The van der Waals surface area contributed by atoms with Crippen molar-refractivity contribution in [2.24, 2.45) is 0 Å². The Morgan fingerprint density at radius 1 is 0.806 bits per heavy atom.